The van der Waals surface area contributed by atoms with Crippen molar-refractivity contribution in [1.29, 1.82) is 0 Å². The lowest BCUT2D eigenvalue weighted by atomic mass is 9.94. The second-order valence-electron chi connectivity index (χ2n) is 4.74. The lowest BCUT2D eigenvalue weighted by Crippen LogP contribution is -2.06. The van der Waals surface area contributed by atoms with Gasteiger partial charge in [-0.05, 0) is 43.0 Å². The normalized spacial score (nSPS) is 20.2. The molecule has 17 heavy (non-hydrogen) atoms. The fourth-order valence-corrected chi connectivity index (χ4v) is 3.66. The number of thiophene rings is 1. The predicted octanol–water partition coefficient (Wildman–Crippen LogP) is 3.82. The fourth-order valence-electron chi connectivity index (χ4n) is 2.73. The Morgan fingerprint density at radius 2 is 2.06 bits per heavy atom. The van der Waals surface area contributed by atoms with E-state index in [1.54, 1.807) is 11.3 Å². The average molecular weight is 244 g/mol. The minimum Gasteiger partial charge on any atom is -0.387 e. The van der Waals surface area contributed by atoms with Crippen LogP contribution >= 0.6 is 11.3 Å². The number of benzene rings is 1. The van der Waals surface area contributed by atoms with Crippen LogP contribution in [0.25, 0.3) is 0 Å². The van der Waals surface area contributed by atoms with Crippen molar-refractivity contribution in [3.63, 3.8) is 0 Å². The molecule has 0 saturated carbocycles. The van der Waals surface area contributed by atoms with Gasteiger partial charge in [0, 0.05) is 15.7 Å². The molecule has 0 bridgehead atoms. The van der Waals surface area contributed by atoms with Gasteiger partial charge in [0.1, 0.15) is 0 Å². The zero-order valence-electron chi connectivity index (χ0n) is 9.89. The molecule has 2 atom stereocenters. The summed E-state index contributed by atoms with van der Waals surface area (Å²) in [6.07, 6.45) is 1.83. The Bertz CT molecular complexity index is 529. The standard InChI is InChI=1S/C15H16OS/c1-10-6-9-14(17-10)15(16)13-8-7-11-4-2-3-5-12(11)13/h2-6,9,13,15-16H,7-8H2,1H3. The van der Waals surface area contributed by atoms with Crippen LogP contribution in [-0.4, -0.2) is 5.11 Å². The summed E-state index contributed by atoms with van der Waals surface area (Å²) in [6, 6.07) is 12.7. The predicted molar refractivity (Wildman–Crippen MR) is 71.5 cm³/mol. The molecule has 88 valence electrons. The lowest BCUT2D eigenvalue weighted by Gasteiger charge is -2.17. The van der Waals surface area contributed by atoms with Gasteiger partial charge in [-0.1, -0.05) is 24.3 Å². The first kappa shape index (κ1) is 11.0. The summed E-state index contributed by atoms with van der Waals surface area (Å²) in [5, 5.41) is 10.5. The summed E-state index contributed by atoms with van der Waals surface area (Å²) >= 11 is 1.71. The van der Waals surface area contributed by atoms with E-state index in [0.29, 0.717) is 0 Å². The van der Waals surface area contributed by atoms with Gasteiger partial charge in [-0.15, -0.1) is 11.3 Å². The van der Waals surface area contributed by atoms with Crippen LogP contribution in [0.2, 0.25) is 0 Å². The molecule has 2 aromatic rings. The highest BCUT2D eigenvalue weighted by atomic mass is 32.1. The number of aryl methyl sites for hydroxylation is 2. The van der Waals surface area contributed by atoms with E-state index in [4.69, 9.17) is 0 Å². The zero-order valence-corrected chi connectivity index (χ0v) is 10.7. The lowest BCUT2D eigenvalue weighted by molar-refractivity contribution is 0.148. The molecule has 1 aliphatic rings. The minimum absolute atomic E-state index is 0.282. The van der Waals surface area contributed by atoms with E-state index in [9.17, 15) is 5.11 Å². The molecule has 1 aromatic heterocycles. The highest BCUT2D eigenvalue weighted by Gasteiger charge is 2.29. The molecular formula is C15H16OS. The molecule has 2 unspecified atom stereocenters. The van der Waals surface area contributed by atoms with Crippen LogP contribution in [0, 0.1) is 6.92 Å². The van der Waals surface area contributed by atoms with E-state index >= 15 is 0 Å². The number of aliphatic hydroxyl groups is 1. The van der Waals surface area contributed by atoms with Crippen LogP contribution in [0.1, 0.15) is 39.3 Å². The molecule has 1 heterocycles. The van der Waals surface area contributed by atoms with Crippen molar-refractivity contribution < 1.29 is 5.11 Å². The van der Waals surface area contributed by atoms with Crippen molar-refractivity contribution in [2.75, 3.05) is 0 Å². The van der Waals surface area contributed by atoms with Crippen LogP contribution < -0.4 is 0 Å². The van der Waals surface area contributed by atoms with Crippen molar-refractivity contribution in [2.45, 2.75) is 31.8 Å². The molecule has 0 spiro atoms. The van der Waals surface area contributed by atoms with Crippen molar-refractivity contribution in [1.82, 2.24) is 0 Å². The van der Waals surface area contributed by atoms with Gasteiger partial charge in [0.05, 0.1) is 6.10 Å². The van der Waals surface area contributed by atoms with Crippen LogP contribution in [0.4, 0.5) is 0 Å². The van der Waals surface area contributed by atoms with Crippen molar-refractivity contribution >= 4 is 11.3 Å². The first-order valence-corrected chi connectivity index (χ1v) is 6.89. The number of fused-ring (bicyclic) bond motifs is 1. The minimum atomic E-state index is -0.336. The summed E-state index contributed by atoms with van der Waals surface area (Å²) in [6.45, 7) is 2.09. The van der Waals surface area contributed by atoms with E-state index in [0.717, 1.165) is 17.7 Å². The molecule has 0 fully saturated rings. The molecule has 1 N–H and O–H groups in total. The average Bonchev–Trinajstić information content (AvgIpc) is 2.94. The van der Waals surface area contributed by atoms with Crippen LogP contribution in [0.3, 0.4) is 0 Å². The Balaban J connectivity index is 1.92. The van der Waals surface area contributed by atoms with Gasteiger partial charge in [0.15, 0.2) is 0 Å². The molecule has 2 heteroatoms. The monoisotopic (exact) mass is 244 g/mol. The van der Waals surface area contributed by atoms with E-state index in [-0.39, 0.29) is 12.0 Å². The first-order valence-electron chi connectivity index (χ1n) is 6.08. The second-order valence-corrected chi connectivity index (χ2v) is 6.06. The van der Waals surface area contributed by atoms with Gasteiger partial charge < -0.3 is 5.11 Å². The Labute approximate surface area is 106 Å². The molecule has 0 amide bonds. The molecule has 3 rings (SSSR count). The van der Waals surface area contributed by atoms with Crippen molar-refractivity contribution in [3.8, 4) is 0 Å². The SMILES string of the molecule is Cc1ccc(C(O)C2CCc3ccccc32)s1. The number of rotatable bonds is 2. The third-order valence-electron chi connectivity index (χ3n) is 3.61. The summed E-state index contributed by atoms with van der Waals surface area (Å²) in [4.78, 5) is 2.37. The highest BCUT2D eigenvalue weighted by Crippen LogP contribution is 2.42. The Kier molecular flexibility index (Phi) is 2.77. The summed E-state index contributed by atoms with van der Waals surface area (Å²) < 4.78 is 0. The van der Waals surface area contributed by atoms with Crippen molar-refractivity contribution in [2.24, 2.45) is 0 Å². The number of hydrogen-bond acceptors (Lipinski definition) is 2. The molecular weight excluding hydrogens is 228 g/mol. The van der Waals surface area contributed by atoms with Crippen molar-refractivity contribution in [3.05, 3.63) is 57.3 Å². The van der Waals surface area contributed by atoms with Gasteiger partial charge in [-0.25, -0.2) is 0 Å². The molecule has 0 aliphatic heterocycles. The largest absolute Gasteiger partial charge is 0.387 e. The first-order chi connectivity index (χ1) is 8.25. The van der Waals surface area contributed by atoms with Crippen LogP contribution in [-0.2, 0) is 6.42 Å². The topological polar surface area (TPSA) is 20.2 Å². The smallest absolute Gasteiger partial charge is 0.0950 e. The quantitative estimate of drug-likeness (QED) is 0.851. The molecule has 0 radical (unpaired) electrons. The third kappa shape index (κ3) is 1.92. The van der Waals surface area contributed by atoms with Gasteiger partial charge in [-0.3, -0.25) is 0 Å². The molecule has 1 nitrogen and oxygen atoms in total. The summed E-state index contributed by atoms with van der Waals surface area (Å²) in [5.41, 5.74) is 2.75. The van der Waals surface area contributed by atoms with E-state index < -0.39 is 0 Å². The van der Waals surface area contributed by atoms with E-state index in [1.165, 1.54) is 16.0 Å². The fraction of sp³-hybridized carbons (Fsp3) is 0.333. The second kappa shape index (κ2) is 4.28. The number of aliphatic hydroxyl groups excluding tert-OH is 1. The summed E-state index contributed by atoms with van der Waals surface area (Å²) in [5.74, 6) is 0.282. The van der Waals surface area contributed by atoms with Gasteiger partial charge in [0.2, 0.25) is 0 Å². The highest BCUT2D eigenvalue weighted by molar-refractivity contribution is 7.12. The van der Waals surface area contributed by atoms with E-state index in [1.807, 2.05) is 0 Å². The Morgan fingerprint density at radius 3 is 2.82 bits per heavy atom. The zero-order chi connectivity index (χ0) is 11.8. The van der Waals surface area contributed by atoms with Gasteiger partial charge in [0.25, 0.3) is 0 Å². The maximum atomic E-state index is 10.5. The van der Waals surface area contributed by atoms with Crippen LogP contribution in [0.15, 0.2) is 36.4 Å². The molecule has 0 saturated heterocycles. The third-order valence-corrected chi connectivity index (χ3v) is 4.68. The number of hydrogen-bond donors (Lipinski definition) is 1. The Morgan fingerprint density at radius 1 is 1.24 bits per heavy atom. The maximum absolute atomic E-state index is 10.5. The molecule has 1 aromatic carbocycles. The summed E-state index contributed by atoms with van der Waals surface area (Å²) in [7, 11) is 0. The van der Waals surface area contributed by atoms with Gasteiger partial charge >= 0.3 is 0 Å². The Hall–Kier alpha value is -1.12. The molecule has 1 aliphatic carbocycles. The van der Waals surface area contributed by atoms with E-state index in [2.05, 4.69) is 43.3 Å². The maximum Gasteiger partial charge on any atom is 0.0950 e. The van der Waals surface area contributed by atoms with Gasteiger partial charge in [-0.2, -0.15) is 0 Å². The van der Waals surface area contributed by atoms with Crippen LogP contribution in [0.5, 0.6) is 0 Å².